The molecular formula is C22H24N6O3-2. The molecule has 1 N–H and O–H groups in total. The van der Waals surface area contributed by atoms with Crippen molar-refractivity contribution in [2.24, 2.45) is 4.99 Å². The van der Waals surface area contributed by atoms with Gasteiger partial charge < -0.3 is 25.3 Å². The minimum absolute atomic E-state index is 0.0659. The number of nitrogens with zero attached hydrogens (tertiary/aromatic N) is 5. The number of fused-ring (bicyclic) bond motifs is 1. The Morgan fingerprint density at radius 2 is 2.29 bits per heavy atom. The summed E-state index contributed by atoms with van der Waals surface area (Å²) in [5.41, 5.74) is 0.994. The van der Waals surface area contributed by atoms with Crippen molar-refractivity contribution in [1.82, 2.24) is 25.0 Å². The van der Waals surface area contributed by atoms with E-state index in [2.05, 4.69) is 26.8 Å². The number of rotatable bonds is 5. The summed E-state index contributed by atoms with van der Waals surface area (Å²) in [4.78, 5) is 25.7. The standard InChI is InChI=1S/C22H26N6O3/c1-2-28(22(31)25-19-7-3-4-10-23-19)20-9-8-16(18(15-29)24-20)12-27-13-17-6-5-11-26(17)14-21(27)30/h2-4,7-10,15,17,24,29H,1,5-6,11-14H2,(H,23,25,31)/p-2. The van der Waals surface area contributed by atoms with Gasteiger partial charge in [-0.05, 0) is 43.2 Å². The number of allylic oxidation sites excluding steroid dienone is 2. The molecule has 0 saturated carbocycles. The highest BCUT2D eigenvalue weighted by atomic mass is 16.3. The summed E-state index contributed by atoms with van der Waals surface area (Å²) in [6.45, 7) is 6.08. The minimum Gasteiger partial charge on any atom is -0.876 e. The Kier molecular flexibility index (Phi) is 6.03. The lowest BCUT2D eigenvalue weighted by Crippen LogP contribution is -2.54. The molecule has 1 atom stereocenters. The number of hydrogen-bond acceptors (Lipinski definition) is 7. The molecule has 3 aliphatic rings. The lowest BCUT2D eigenvalue weighted by atomic mass is 10.1. The zero-order chi connectivity index (χ0) is 21.8. The Labute approximate surface area is 181 Å². The van der Waals surface area contributed by atoms with Crippen LogP contribution in [0.1, 0.15) is 12.8 Å². The lowest BCUT2D eigenvalue weighted by Gasteiger charge is -2.38. The molecule has 9 nitrogen and oxygen atoms in total. The van der Waals surface area contributed by atoms with Crippen molar-refractivity contribution in [3.05, 3.63) is 72.7 Å². The Balaban J connectivity index is 1.51. The maximum absolute atomic E-state index is 12.6. The minimum atomic E-state index is -0.595. The molecule has 1 unspecified atom stereocenters. The zero-order valence-electron chi connectivity index (χ0n) is 17.1. The molecule has 162 valence electrons. The van der Waals surface area contributed by atoms with Gasteiger partial charge in [0, 0.05) is 37.2 Å². The van der Waals surface area contributed by atoms with Gasteiger partial charge in [-0.25, -0.2) is 9.98 Å². The van der Waals surface area contributed by atoms with Gasteiger partial charge in [-0.15, -0.1) is 6.26 Å². The van der Waals surface area contributed by atoms with E-state index in [1.165, 1.54) is 11.1 Å². The molecule has 0 bridgehead atoms. The summed E-state index contributed by atoms with van der Waals surface area (Å²) >= 11 is 0. The molecule has 4 heterocycles. The monoisotopic (exact) mass is 420 g/mol. The van der Waals surface area contributed by atoms with Crippen LogP contribution in [0, 0.1) is 0 Å². The van der Waals surface area contributed by atoms with Gasteiger partial charge in [0.1, 0.15) is 5.82 Å². The molecule has 9 heteroatoms. The number of carbonyl (C=O) groups is 1. The van der Waals surface area contributed by atoms with Crippen molar-refractivity contribution in [3.8, 4) is 0 Å². The second kappa shape index (κ2) is 9.05. The van der Waals surface area contributed by atoms with Crippen molar-refractivity contribution < 1.29 is 15.0 Å². The van der Waals surface area contributed by atoms with Crippen LogP contribution in [0.15, 0.2) is 77.7 Å². The number of carbonyl (C=O) groups excluding carboxylic acids is 1. The summed E-state index contributed by atoms with van der Waals surface area (Å²) in [6, 6.07) is 4.87. The van der Waals surface area contributed by atoms with E-state index < -0.39 is 6.02 Å². The van der Waals surface area contributed by atoms with E-state index in [1.807, 2.05) is 0 Å². The number of hydrogen-bond donors (Lipinski definition) is 1. The van der Waals surface area contributed by atoms with E-state index in [0.717, 1.165) is 19.4 Å². The number of pyridine rings is 1. The van der Waals surface area contributed by atoms with Gasteiger partial charge in [0.2, 0.25) is 5.91 Å². The van der Waals surface area contributed by atoms with E-state index in [-0.39, 0.29) is 11.7 Å². The summed E-state index contributed by atoms with van der Waals surface area (Å²) in [6.07, 6.45) is 9.17. The van der Waals surface area contributed by atoms with Crippen LogP contribution in [0.4, 0.5) is 5.82 Å². The van der Waals surface area contributed by atoms with Gasteiger partial charge in [-0.1, -0.05) is 18.7 Å². The van der Waals surface area contributed by atoms with Crippen molar-refractivity contribution in [2.75, 3.05) is 26.2 Å². The molecule has 0 spiro atoms. The third kappa shape index (κ3) is 4.46. The molecule has 3 aliphatic heterocycles. The Hall–Kier alpha value is -3.59. The third-order valence-electron chi connectivity index (χ3n) is 5.66. The molecule has 31 heavy (non-hydrogen) atoms. The number of dihydropyridines is 1. The van der Waals surface area contributed by atoms with Crippen LogP contribution in [0.25, 0.3) is 0 Å². The second-order valence-electron chi connectivity index (χ2n) is 7.58. The number of piperazine rings is 1. The smallest absolute Gasteiger partial charge is 0.237 e. The zero-order valence-corrected chi connectivity index (χ0v) is 17.1. The molecule has 2 fully saturated rings. The highest BCUT2D eigenvalue weighted by molar-refractivity contribution is 5.80. The van der Waals surface area contributed by atoms with E-state index in [4.69, 9.17) is 0 Å². The van der Waals surface area contributed by atoms with Crippen LogP contribution in [-0.2, 0) is 4.79 Å². The average molecular weight is 420 g/mol. The Morgan fingerprint density at radius 1 is 1.42 bits per heavy atom. The Bertz CT molecular complexity index is 969. The molecule has 4 rings (SSSR count). The van der Waals surface area contributed by atoms with Gasteiger partial charge in [0.25, 0.3) is 0 Å². The lowest BCUT2D eigenvalue weighted by molar-refractivity contribution is -0.276. The highest BCUT2D eigenvalue weighted by Crippen LogP contribution is 2.25. The van der Waals surface area contributed by atoms with Crippen molar-refractivity contribution in [1.29, 1.82) is 0 Å². The fourth-order valence-corrected chi connectivity index (χ4v) is 4.06. The maximum Gasteiger partial charge on any atom is 0.237 e. The van der Waals surface area contributed by atoms with Gasteiger partial charge in [-0.2, -0.15) is 0 Å². The van der Waals surface area contributed by atoms with E-state index in [9.17, 15) is 15.0 Å². The third-order valence-corrected chi connectivity index (χ3v) is 5.66. The number of nitrogens with one attached hydrogen (secondary N) is 1. The van der Waals surface area contributed by atoms with Gasteiger partial charge >= 0.3 is 0 Å². The SMILES string of the molecule is C=CN(C1=CC=C(CN2CC3CCCN3CC2=O)C(=C[O-])N1)C([O-])=Nc1ccccn1. The second-order valence-corrected chi connectivity index (χ2v) is 7.58. The van der Waals surface area contributed by atoms with Crippen molar-refractivity contribution in [2.45, 2.75) is 18.9 Å². The van der Waals surface area contributed by atoms with Crippen LogP contribution in [0.5, 0.6) is 0 Å². The molecule has 1 aromatic heterocycles. The molecule has 0 aliphatic carbocycles. The molecule has 0 aromatic carbocycles. The largest absolute Gasteiger partial charge is 0.876 e. The number of amidine groups is 1. The Morgan fingerprint density at radius 3 is 3.03 bits per heavy atom. The quantitative estimate of drug-likeness (QED) is 0.397. The predicted octanol–water partition coefficient (Wildman–Crippen LogP) is -0.246. The number of aliphatic imine (C=N–C) groups is 1. The van der Waals surface area contributed by atoms with Crippen molar-refractivity contribution >= 4 is 17.7 Å². The van der Waals surface area contributed by atoms with Crippen LogP contribution in [-0.4, -0.2) is 63.8 Å². The van der Waals surface area contributed by atoms with E-state index >= 15 is 0 Å². The molecule has 2 saturated heterocycles. The first-order chi connectivity index (χ1) is 15.1. The molecule has 1 aromatic rings. The number of amides is 1. The fourth-order valence-electron chi connectivity index (χ4n) is 4.06. The normalized spacial score (nSPS) is 23.2. The van der Waals surface area contributed by atoms with Gasteiger partial charge in [0.15, 0.2) is 5.82 Å². The fraction of sp³-hybridized carbons (Fsp3) is 0.318. The maximum atomic E-state index is 12.6. The van der Waals surface area contributed by atoms with Crippen molar-refractivity contribution in [3.63, 3.8) is 0 Å². The van der Waals surface area contributed by atoms with Gasteiger partial charge in [-0.3, -0.25) is 9.69 Å². The van der Waals surface area contributed by atoms with E-state index in [1.54, 1.807) is 41.4 Å². The van der Waals surface area contributed by atoms with Crippen LogP contribution >= 0.6 is 0 Å². The predicted molar refractivity (Wildman–Crippen MR) is 112 cm³/mol. The first kappa shape index (κ1) is 20.7. The summed E-state index contributed by atoms with van der Waals surface area (Å²) in [5, 5.41) is 27.3. The van der Waals surface area contributed by atoms with Gasteiger partial charge in [0.05, 0.1) is 12.6 Å². The first-order valence-electron chi connectivity index (χ1n) is 10.2. The summed E-state index contributed by atoms with van der Waals surface area (Å²) in [7, 11) is 0. The molecule has 0 radical (unpaired) electrons. The number of aromatic nitrogens is 1. The topological polar surface area (TPSA) is 110 Å². The van der Waals surface area contributed by atoms with Crippen LogP contribution in [0.3, 0.4) is 0 Å². The molecule has 1 amide bonds. The van der Waals surface area contributed by atoms with Crippen LogP contribution in [0.2, 0.25) is 0 Å². The first-order valence-corrected chi connectivity index (χ1v) is 10.2. The van der Waals surface area contributed by atoms with Crippen LogP contribution < -0.4 is 15.5 Å². The van der Waals surface area contributed by atoms with E-state index in [0.29, 0.717) is 49.0 Å². The summed E-state index contributed by atoms with van der Waals surface area (Å²) in [5.74, 6) is 0.685. The molecular weight excluding hydrogens is 396 g/mol. The summed E-state index contributed by atoms with van der Waals surface area (Å²) < 4.78 is 0. The highest BCUT2D eigenvalue weighted by Gasteiger charge is 2.35. The average Bonchev–Trinajstić information content (AvgIpc) is 3.23.